The molecule has 2 aliphatic heterocycles. The molecule has 0 aromatic heterocycles. The van der Waals surface area contributed by atoms with E-state index in [1.54, 1.807) is 36.4 Å². The molecule has 55 heavy (non-hydrogen) atoms. The molecule has 0 unspecified atom stereocenters. The minimum absolute atomic E-state index is 0.0144. The quantitative estimate of drug-likeness (QED) is 0.176. The standard InChI is InChI=1S/C21H15ClO3S2.C13H6Cl2O3S.C8H10S/c1-2-13-7-3-5-9-16(13)26-17-12-11-15-20(23)14-8-4-6-10-18(14)27(24,25)21(15)19(17)22;14-9-6-5-8-12(16)7-3-1-2-4-10(7)19(17,18)13(8)11(9)15;1-2-7-5-3-4-6-8(7)9/h3-12H,2H2,1H3;1-6H;3-6,9H,2H2,1H3. The number of aryl methyl sites for hydroxylation is 2. The largest absolute Gasteiger partial charge is 0.289 e. The summed E-state index contributed by atoms with van der Waals surface area (Å²) in [6.45, 7) is 4.20. The van der Waals surface area contributed by atoms with Gasteiger partial charge in [-0.15, -0.1) is 12.6 Å². The Kier molecular flexibility index (Phi) is 12.4. The van der Waals surface area contributed by atoms with Crippen molar-refractivity contribution in [1.82, 2.24) is 0 Å². The third kappa shape index (κ3) is 7.79. The summed E-state index contributed by atoms with van der Waals surface area (Å²) in [5.74, 6) is -0.679. The lowest BCUT2D eigenvalue weighted by molar-refractivity contribution is 0.102. The van der Waals surface area contributed by atoms with Gasteiger partial charge in [0, 0.05) is 36.9 Å². The van der Waals surface area contributed by atoms with E-state index in [0.717, 1.165) is 28.2 Å². The third-order valence-electron chi connectivity index (χ3n) is 8.93. The zero-order valence-corrected chi connectivity index (χ0v) is 34.8. The van der Waals surface area contributed by atoms with Crippen LogP contribution < -0.4 is 0 Å². The highest BCUT2D eigenvalue weighted by Crippen LogP contribution is 2.45. The number of ketones is 2. The zero-order valence-electron chi connectivity index (χ0n) is 29.2. The van der Waals surface area contributed by atoms with Crippen LogP contribution in [0.25, 0.3) is 0 Å². The fourth-order valence-electron chi connectivity index (χ4n) is 6.14. The van der Waals surface area contributed by atoms with Gasteiger partial charge < -0.3 is 0 Å². The van der Waals surface area contributed by atoms with Gasteiger partial charge in [-0.3, -0.25) is 9.59 Å². The maximum atomic E-state index is 13.1. The normalized spacial score (nSPS) is 14.1. The number of hydrogen-bond donors (Lipinski definition) is 1. The van der Waals surface area contributed by atoms with E-state index in [1.807, 2.05) is 42.5 Å². The molecule has 2 aliphatic rings. The molecule has 0 bridgehead atoms. The fraction of sp³-hybridized carbons (Fsp3) is 0.0952. The number of hydrogen-bond acceptors (Lipinski definition) is 8. The molecule has 6 aromatic carbocycles. The predicted octanol–water partition coefficient (Wildman–Crippen LogP) is 11.3. The summed E-state index contributed by atoms with van der Waals surface area (Å²) in [6, 6.07) is 34.5. The predicted molar refractivity (Wildman–Crippen MR) is 222 cm³/mol. The Bertz CT molecular complexity index is 2730. The number of thiol groups is 1. The Labute approximate surface area is 345 Å². The van der Waals surface area contributed by atoms with Crippen LogP contribution in [0.4, 0.5) is 0 Å². The number of rotatable bonds is 4. The van der Waals surface area contributed by atoms with Crippen molar-refractivity contribution in [3.63, 3.8) is 0 Å². The molecule has 0 fully saturated rings. The van der Waals surface area contributed by atoms with Crippen LogP contribution in [0, 0.1) is 0 Å². The average Bonchev–Trinajstić information content (AvgIpc) is 3.19. The van der Waals surface area contributed by atoms with Crippen LogP contribution in [0.15, 0.2) is 156 Å². The Hall–Kier alpha value is -3.87. The Morgan fingerprint density at radius 2 is 0.964 bits per heavy atom. The summed E-state index contributed by atoms with van der Waals surface area (Å²) in [7, 11) is -7.69. The molecule has 0 saturated carbocycles. The second-order valence-corrected chi connectivity index (χ2v) is 18.6. The van der Waals surface area contributed by atoms with Gasteiger partial charge in [-0.25, -0.2) is 16.8 Å². The zero-order chi connectivity index (χ0) is 39.7. The van der Waals surface area contributed by atoms with Gasteiger partial charge in [0.25, 0.3) is 0 Å². The molecule has 0 amide bonds. The molecule has 0 aliphatic carbocycles. The fourth-order valence-corrected chi connectivity index (χ4v) is 12.3. The molecule has 0 radical (unpaired) electrons. The molecule has 0 atom stereocenters. The topological polar surface area (TPSA) is 102 Å². The van der Waals surface area contributed by atoms with Crippen molar-refractivity contribution in [3.05, 3.63) is 170 Å². The van der Waals surface area contributed by atoms with Crippen LogP contribution >= 0.6 is 59.2 Å². The van der Waals surface area contributed by atoms with Crippen LogP contribution in [0.3, 0.4) is 0 Å². The molecule has 280 valence electrons. The van der Waals surface area contributed by atoms with E-state index in [2.05, 4.69) is 32.5 Å². The van der Waals surface area contributed by atoms with E-state index in [1.165, 1.54) is 53.7 Å². The maximum absolute atomic E-state index is 13.1. The summed E-state index contributed by atoms with van der Waals surface area (Å²) < 4.78 is 51.3. The molecule has 0 N–H and O–H groups in total. The van der Waals surface area contributed by atoms with E-state index in [9.17, 15) is 26.4 Å². The summed E-state index contributed by atoms with van der Waals surface area (Å²) >= 11 is 24.0. The smallest absolute Gasteiger partial charge is 0.209 e. The number of sulfone groups is 2. The van der Waals surface area contributed by atoms with Gasteiger partial charge in [0.05, 0.1) is 24.9 Å². The number of halogens is 3. The van der Waals surface area contributed by atoms with Crippen LogP contribution in [-0.2, 0) is 32.5 Å². The molecular weight excluding hydrogens is 835 g/mol. The third-order valence-corrected chi connectivity index (χ3v) is 15.9. The van der Waals surface area contributed by atoms with Crippen molar-refractivity contribution in [1.29, 1.82) is 0 Å². The van der Waals surface area contributed by atoms with Crippen molar-refractivity contribution in [2.24, 2.45) is 0 Å². The van der Waals surface area contributed by atoms with Gasteiger partial charge >= 0.3 is 0 Å². The Balaban J connectivity index is 0.000000159. The van der Waals surface area contributed by atoms with E-state index in [0.29, 0.717) is 4.90 Å². The maximum Gasteiger partial charge on any atom is 0.209 e. The number of benzene rings is 6. The molecule has 2 heterocycles. The minimum atomic E-state index is -3.86. The average molecular weight is 866 g/mol. The summed E-state index contributed by atoms with van der Waals surface area (Å²) in [6.07, 6.45) is 1.93. The van der Waals surface area contributed by atoms with E-state index >= 15 is 0 Å². The monoisotopic (exact) mass is 864 g/mol. The van der Waals surface area contributed by atoms with Crippen LogP contribution in [-0.4, -0.2) is 28.4 Å². The number of carbonyl (C=O) groups excluding carboxylic acids is 2. The molecule has 0 saturated heterocycles. The van der Waals surface area contributed by atoms with E-state index in [4.69, 9.17) is 34.8 Å². The SMILES string of the molecule is CCc1ccccc1S.CCc1ccccc1Sc1ccc2c(c1Cl)S(=O)(=O)c1ccccc1C2=O.O=C1c2ccccc2S(=O)(=O)c2c1ccc(Cl)c2Cl. The van der Waals surface area contributed by atoms with Crippen LogP contribution in [0.2, 0.25) is 15.1 Å². The first-order valence-electron chi connectivity index (χ1n) is 16.8. The molecule has 13 heteroatoms. The molecule has 8 rings (SSSR count). The van der Waals surface area contributed by atoms with Gasteiger partial charge in [-0.1, -0.05) is 121 Å². The first-order valence-corrected chi connectivity index (χ1v) is 22.2. The molecule has 0 spiro atoms. The van der Waals surface area contributed by atoms with Crippen LogP contribution in [0.5, 0.6) is 0 Å². The van der Waals surface area contributed by atoms with Gasteiger partial charge in [-0.2, -0.15) is 0 Å². The first kappa shape index (κ1) is 40.8. The van der Waals surface area contributed by atoms with Gasteiger partial charge in [-0.05, 0) is 84.6 Å². The molecule has 6 nitrogen and oxygen atoms in total. The number of fused-ring (bicyclic) bond motifs is 4. The lowest BCUT2D eigenvalue weighted by atomic mass is 10.0. The molecular formula is C42H31Cl3O6S4. The summed E-state index contributed by atoms with van der Waals surface area (Å²) in [4.78, 5) is 27.5. The highest BCUT2D eigenvalue weighted by molar-refractivity contribution is 7.99. The van der Waals surface area contributed by atoms with Crippen molar-refractivity contribution >= 4 is 90.4 Å². The van der Waals surface area contributed by atoms with E-state index in [-0.39, 0.29) is 68.5 Å². The lowest BCUT2D eigenvalue weighted by Gasteiger charge is -2.21. The summed E-state index contributed by atoms with van der Waals surface area (Å²) in [5, 5.41) is 0.101. The highest BCUT2D eigenvalue weighted by Gasteiger charge is 2.38. The van der Waals surface area contributed by atoms with Gasteiger partial charge in [0.1, 0.15) is 9.79 Å². The second kappa shape index (κ2) is 16.7. The van der Waals surface area contributed by atoms with Crippen molar-refractivity contribution < 1.29 is 26.4 Å². The number of carbonyl (C=O) groups is 2. The van der Waals surface area contributed by atoms with Crippen LogP contribution in [0.1, 0.15) is 56.8 Å². The van der Waals surface area contributed by atoms with Gasteiger partial charge in [0.15, 0.2) is 11.6 Å². The van der Waals surface area contributed by atoms with E-state index < -0.39 is 19.7 Å². The minimum Gasteiger partial charge on any atom is -0.289 e. The van der Waals surface area contributed by atoms with Crippen molar-refractivity contribution in [2.75, 3.05) is 0 Å². The molecule has 6 aromatic rings. The highest BCUT2D eigenvalue weighted by atomic mass is 35.5. The lowest BCUT2D eigenvalue weighted by Crippen LogP contribution is -2.20. The Morgan fingerprint density at radius 1 is 0.509 bits per heavy atom. The van der Waals surface area contributed by atoms with Crippen molar-refractivity contribution in [3.8, 4) is 0 Å². The summed E-state index contributed by atoms with van der Waals surface area (Å²) in [5.41, 5.74) is 3.02. The van der Waals surface area contributed by atoms with Crippen molar-refractivity contribution in [2.45, 2.75) is 61.0 Å². The second-order valence-electron chi connectivity index (χ2n) is 12.2. The van der Waals surface area contributed by atoms with Gasteiger partial charge in [0.2, 0.25) is 19.7 Å². The first-order chi connectivity index (χ1) is 26.2. The Morgan fingerprint density at radius 3 is 1.49 bits per heavy atom.